The minimum atomic E-state index is -1.62. The number of ketones is 1. The Kier molecular flexibility index (Phi) is 4.91. The van der Waals surface area contributed by atoms with Crippen LogP contribution in [0.1, 0.15) is 16.8 Å². The molecule has 0 saturated carbocycles. The van der Waals surface area contributed by atoms with E-state index in [0.717, 1.165) is 6.08 Å². The van der Waals surface area contributed by atoms with Gasteiger partial charge in [-0.3, -0.25) is 14.5 Å². The van der Waals surface area contributed by atoms with Crippen molar-refractivity contribution in [3.8, 4) is 11.8 Å². The van der Waals surface area contributed by atoms with E-state index in [2.05, 4.69) is 19.2 Å². The summed E-state index contributed by atoms with van der Waals surface area (Å²) in [6.45, 7) is 7.24. The van der Waals surface area contributed by atoms with E-state index >= 15 is 0 Å². The van der Waals surface area contributed by atoms with Crippen molar-refractivity contribution in [2.24, 2.45) is 5.41 Å². The number of benzene rings is 2. The molecule has 1 amide bonds. The molecular formula is C22H18N2O3. The van der Waals surface area contributed by atoms with Gasteiger partial charge in [0.05, 0.1) is 11.6 Å². The van der Waals surface area contributed by atoms with Crippen molar-refractivity contribution < 1.29 is 14.3 Å². The van der Waals surface area contributed by atoms with Gasteiger partial charge in [0.2, 0.25) is 6.23 Å². The van der Waals surface area contributed by atoms with Gasteiger partial charge in [0, 0.05) is 5.69 Å². The van der Waals surface area contributed by atoms with Crippen molar-refractivity contribution in [1.29, 1.82) is 5.26 Å². The van der Waals surface area contributed by atoms with Crippen molar-refractivity contribution >= 4 is 17.4 Å². The van der Waals surface area contributed by atoms with Gasteiger partial charge in [-0.15, -0.1) is 6.58 Å². The molecule has 0 N–H and O–H groups in total. The molecule has 0 aliphatic carbocycles. The minimum absolute atomic E-state index is 0.0368. The van der Waals surface area contributed by atoms with Crippen LogP contribution >= 0.6 is 0 Å². The van der Waals surface area contributed by atoms with E-state index in [-0.39, 0.29) is 6.42 Å². The zero-order chi connectivity index (χ0) is 19.4. The number of ether oxygens (including phenoxy) is 1. The zero-order valence-corrected chi connectivity index (χ0v) is 14.7. The summed E-state index contributed by atoms with van der Waals surface area (Å²) in [5.41, 5.74) is -0.801. The van der Waals surface area contributed by atoms with Crippen LogP contribution in [0.5, 0.6) is 5.75 Å². The number of hydrogen-bond donors (Lipinski definition) is 0. The lowest BCUT2D eigenvalue weighted by molar-refractivity contribution is -0.116. The lowest BCUT2D eigenvalue weighted by atomic mass is 9.74. The summed E-state index contributed by atoms with van der Waals surface area (Å²) in [5, 5.41) is 10.0. The molecule has 1 aliphatic heterocycles. The number of allylic oxidation sites excluding steroid dienone is 1. The number of Topliss-reactive ketones (excluding diaryl/α,β-unsaturated/α-hetero) is 1. The van der Waals surface area contributed by atoms with Gasteiger partial charge in [-0.1, -0.05) is 43.0 Å². The largest absolute Gasteiger partial charge is 0.467 e. The monoisotopic (exact) mass is 358 g/mol. The Labute approximate surface area is 157 Å². The van der Waals surface area contributed by atoms with Gasteiger partial charge in [-0.2, -0.15) is 5.26 Å². The van der Waals surface area contributed by atoms with Crippen molar-refractivity contribution in [2.75, 3.05) is 4.90 Å². The summed E-state index contributed by atoms with van der Waals surface area (Å²) in [5.74, 6) is -0.531. The number of nitriles is 1. The van der Waals surface area contributed by atoms with Crippen LogP contribution in [-0.4, -0.2) is 17.9 Å². The smallest absolute Gasteiger partial charge is 0.253 e. The van der Waals surface area contributed by atoms with Gasteiger partial charge in [0.15, 0.2) is 11.2 Å². The minimum Gasteiger partial charge on any atom is -0.467 e. The molecule has 0 aromatic heterocycles. The molecule has 0 bridgehead atoms. The molecule has 2 aromatic rings. The number of carbonyl (C=O) groups is 2. The zero-order valence-electron chi connectivity index (χ0n) is 14.7. The van der Waals surface area contributed by atoms with Crippen LogP contribution in [0.25, 0.3) is 0 Å². The highest BCUT2D eigenvalue weighted by Gasteiger charge is 2.55. The van der Waals surface area contributed by atoms with E-state index in [1.54, 1.807) is 48.5 Å². The third kappa shape index (κ3) is 2.91. The molecule has 2 aromatic carbocycles. The molecule has 0 fully saturated rings. The van der Waals surface area contributed by atoms with Crippen molar-refractivity contribution in [1.82, 2.24) is 0 Å². The summed E-state index contributed by atoms with van der Waals surface area (Å²) >= 11 is 0. The molecule has 1 aliphatic rings. The molecule has 27 heavy (non-hydrogen) atoms. The molecule has 0 saturated heterocycles. The summed E-state index contributed by atoms with van der Waals surface area (Å²) in [6.07, 6.45) is 1.51. The van der Waals surface area contributed by atoms with Gasteiger partial charge in [0.25, 0.3) is 5.91 Å². The summed E-state index contributed by atoms with van der Waals surface area (Å²) < 4.78 is 6.07. The number of amides is 1. The van der Waals surface area contributed by atoms with Crippen molar-refractivity contribution in [2.45, 2.75) is 12.6 Å². The number of para-hydroxylation sites is 2. The number of rotatable bonds is 5. The molecule has 1 heterocycles. The highest BCUT2D eigenvalue weighted by Crippen LogP contribution is 2.43. The van der Waals surface area contributed by atoms with Crippen LogP contribution in [0.15, 0.2) is 79.9 Å². The van der Waals surface area contributed by atoms with Crippen LogP contribution in [0.4, 0.5) is 5.69 Å². The van der Waals surface area contributed by atoms with Gasteiger partial charge in [0.1, 0.15) is 5.75 Å². The van der Waals surface area contributed by atoms with E-state index in [1.807, 2.05) is 6.07 Å². The number of anilines is 1. The fourth-order valence-electron chi connectivity index (χ4n) is 3.24. The molecule has 0 unspecified atom stereocenters. The quantitative estimate of drug-likeness (QED) is 0.600. The fourth-order valence-corrected chi connectivity index (χ4v) is 3.24. The Morgan fingerprint density at radius 2 is 1.85 bits per heavy atom. The molecule has 134 valence electrons. The number of nitrogens with zero attached hydrogens (tertiary/aromatic N) is 2. The van der Waals surface area contributed by atoms with Crippen LogP contribution in [0.2, 0.25) is 0 Å². The van der Waals surface area contributed by atoms with Gasteiger partial charge in [-0.25, -0.2) is 0 Å². The maximum Gasteiger partial charge on any atom is 0.253 e. The van der Waals surface area contributed by atoms with E-state index in [1.165, 1.54) is 11.0 Å². The Bertz CT molecular complexity index is 946. The predicted molar refractivity (Wildman–Crippen MR) is 102 cm³/mol. The standard InChI is InChI=1S/C22H18N2O3/c1-3-14-22(15-23)20(26)17-12-8-9-13-18(17)27-21(22)24(19(25)4-2)16-10-6-5-7-11-16/h3-13,21H,1-2,14H2/t21-,22+/m0/s1. The molecule has 5 nitrogen and oxygen atoms in total. The second kappa shape index (κ2) is 7.30. The molecule has 0 spiro atoms. The molecule has 5 heteroatoms. The molecule has 2 atom stereocenters. The first kappa shape index (κ1) is 18.2. The van der Waals surface area contributed by atoms with Gasteiger partial charge in [-0.05, 0) is 36.8 Å². The summed E-state index contributed by atoms with van der Waals surface area (Å²) in [4.78, 5) is 27.3. The molecule has 3 rings (SSSR count). The van der Waals surface area contributed by atoms with Crippen molar-refractivity contribution in [3.63, 3.8) is 0 Å². The third-order valence-electron chi connectivity index (χ3n) is 4.54. The predicted octanol–water partition coefficient (Wildman–Crippen LogP) is 3.89. The normalized spacial score (nSPS) is 20.6. The molecular weight excluding hydrogens is 340 g/mol. The fraction of sp³-hybridized carbons (Fsp3) is 0.136. The number of carbonyl (C=O) groups excluding carboxylic acids is 2. The molecule has 0 radical (unpaired) electrons. The second-order valence-electron chi connectivity index (χ2n) is 6.12. The average Bonchev–Trinajstić information content (AvgIpc) is 2.71. The SMILES string of the molecule is C=CC[C@@]1(C#N)C(=O)c2ccccc2O[C@@H]1N(C(=O)C=C)c1ccccc1. The van der Waals surface area contributed by atoms with Crippen LogP contribution in [0.3, 0.4) is 0 Å². The van der Waals surface area contributed by atoms with Crippen LogP contribution < -0.4 is 9.64 Å². The first-order chi connectivity index (χ1) is 13.1. The van der Waals surface area contributed by atoms with Crippen molar-refractivity contribution in [3.05, 3.63) is 85.5 Å². The summed E-state index contributed by atoms with van der Waals surface area (Å²) in [6, 6.07) is 17.6. The third-order valence-corrected chi connectivity index (χ3v) is 4.54. The lowest BCUT2D eigenvalue weighted by Crippen LogP contribution is -2.58. The van der Waals surface area contributed by atoms with E-state index in [4.69, 9.17) is 4.74 Å². The topological polar surface area (TPSA) is 70.4 Å². The maximum absolute atomic E-state index is 13.3. The maximum atomic E-state index is 13.3. The van der Waals surface area contributed by atoms with Crippen LogP contribution in [0, 0.1) is 16.7 Å². The van der Waals surface area contributed by atoms with Gasteiger partial charge >= 0.3 is 0 Å². The number of fused-ring (bicyclic) bond motifs is 1. The lowest BCUT2D eigenvalue weighted by Gasteiger charge is -2.43. The Balaban J connectivity index is 2.24. The van der Waals surface area contributed by atoms with E-state index < -0.39 is 23.3 Å². The summed E-state index contributed by atoms with van der Waals surface area (Å²) in [7, 11) is 0. The van der Waals surface area contributed by atoms with Gasteiger partial charge < -0.3 is 4.74 Å². The first-order valence-electron chi connectivity index (χ1n) is 8.42. The van der Waals surface area contributed by atoms with E-state index in [0.29, 0.717) is 17.0 Å². The average molecular weight is 358 g/mol. The highest BCUT2D eigenvalue weighted by molar-refractivity contribution is 6.08. The Hall–Kier alpha value is -3.65. The first-order valence-corrected chi connectivity index (χ1v) is 8.42. The van der Waals surface area contributed by atoms with E-state index in [9.17, 15) is 14.9 Å². The highest BCUT2D eigenvalue weighted by atomic mass is 16.5. The Morgan fingerprint density at radius 1 is 1.19 bits per heavy atom. The number of hydrogen-bond acceptors (Lipinski definition) is 4. The van der Waals surface area contributed by atoms with Crippen LogP contribution in [-0.2, 0) is 4.79 Å². The Morgan fingerprint density at radius 3 is 2.48 bits per heavy atom. The second-order valence-corrected chi connectivity index (χ2v) is 6.12.